The van der Waals surface area contributed by atoms with Crippen LogP contribution in [0.4, 0.5) is 0 Å². The molecular formula is C17H22. The van der Waals surface area contributed by atoms with E-state index in [1.165, 1.54) is 49.7 Å². The highest BCUT2D eigenvalue weighted by Crippen LogP contribution is 2.35. The number of terminal acetylenes is 1. The fourth-order valence-electron chi connectivity index (χ4n) is 2.84. The summed E-state index contributed by atoms with van der Waals surface area (Å²) in [5.41, 5.74) is 2.98. The zero-order valence-corrected chi connectivity index (χ0v) is 10.8. The van der Waals surface area contributed by atoms with E-state index in [9.17, 15) is 0 Å². The average molecular weight is 226 g/mol. The molecule has 0 radical (unpaired) electrons. The highest BCUT2D eigenvalue weighted by molar-refractivity contribution is 5.26. The monoisotopic (exact) mass is 226 g/mol. The Morgan fingerprint density at radius 2 is 1.76 bits per heavy atom. The molecule has 0 nitrogen and oxygen atoms in total. The molecule has 0 amide bonds. The van der Waals surface area contributed by atoms with E-state index in [0.717, 1.165) is 5.92 Å². The summed E-state index contributed by atoms with van der Waals surface area (Å²) in [5.74, 6) is 4.18. The van der Waals surface area contributed by atoms with Crippen LogP contribution in [-0.2, 0) is 6.42 Å². The molecule has 0 spiro atoms. The Kier molecular flexibility index (Phi) is 4.26. The first kappa shape index (κ1) is 12.2. The minimum Gasteiger partial charge on any atom is -0.120 e. The molecule has 1 fully saturated rings. The van der Waals surface area contributed by atoms with E-state index in [1.54, 1.807) is 0 Å². The molecule has 0 heterocycles. The van der Waals surface area contributed by atoms with Gasteiger partial charge in [0.15, 0.2) is 0 Å². The average Bonchev–Trinajstić information content (AvgIpc) is 2.40. The lowest BCUT2D eigenvalue weighted by Gasteiger charge is -2.26. The Morgan fingerprint density at radius 3 is 2.29 bits per heavy atom. The maximum Gasteiger partial charge on any atom is 0.0200 e. The van der Waals surface area contributed by atoms with E-state index >= 15 is 0 Å². The van der Waals surface area contributed by atoms with Crippen molar-refractivity contribution in [1.82, 2.24) is 0 Å². The Bertz CT molecular complexity index is 371. The fourth-order valence-corrected chi connectivity index (χ4v) is 2.84. The number of hydrogen-bond acceptors (Lipinski definition) is 0. The van der Waals surface area contributed by atoms with Crippen LogP contribution in [0.15, 0.2) is 24.3 Å². The second-order valence-electron chi connectivity index (χ2n) is 5.21. The smallest absolute Gasteiger partial charge is 0.0200 e. The zero-order chi connectivity index (χ0) is 12.1. The van der Waals surface area contributed by atoms with Gasteiger partial charge in [0.2, 0.25) is 0 Å². The van der Waals surface area contributed by atoms with Gasteiger partial charge < -0.3 is 0 Å². The van der Waals surface area contributed by atoms with Crippen LogP contribution in [0.2, 0.25) is 0 Å². The van der Waals surface area contributed by atoms with Crippen molar-refractivity contribution in [3.63, 3.8) is 0 Å². The van der Waals surface area contributed by atoms with E-state index in [0.29, 0.717) is 5.92 Å². The van der Waals surface area contributed by atoms with Crippen molar-refractivity contribution in [3.8, 4) is 12.3 Å². The molecule has 0 heteroatoms. The predicted octanol–water partition coefficient (Wildman–Crippen LogP) is 4.55. The van der Waals surface area contributed by atoms with Gasteiger partial charge in [0.05, 0.1) is 0 Å². The van der Waals surface area contributed by atoms with Crippen molar-refractivity contribution in [2.24, 2.45) is 5.92 Å². The molecule has 1 aliphatic rings. The molecule has 1 aromatic carbocycles. The van der Waals surface area contributed by atoms with Crippen LogP contribution in [0.5, 0.6) is 0 Å². The Balaban J connectivity index is 1.97. The van der Waals surface area contributed by atoms with E-state index in [1.807, 2.05) is 0 Å². The molecule has 90 valence electrons. The molecule has 17 heavy (non-hydrogen) atoms. The Morgan fingerprint density at radius 1 is 1.12 bits per heavy atom. The SMILES string of the molecule is C#C[C@H]1CC[C@H](c2ccc(CCC)cc2)CC1. The zero-order valence-electron chi connectivity index (χ0n) is 10.8. The van der Waals surface area contributed by atoms with E-state index < -0.39 is 0 Å². The summed E-state index contributed by atoms with van der Waals surface area (Å²) in [6, 6.07) is 9.25. The normalized spacial score (nSPS) is 24.2. The van der Waals surface area contributed by atoms with Gasteiger partial charge in [-0.2, -0.15) is 0 Å². The quantitative estimate of drug-likeness (QED) is 0.663. The number of hydrogen-bond donors (Lipinski definition) is 0. The minimum absolute atomic E-state index is 0.533. The van der Waals surface area contributed by atoms with Crippen molar-refractivity contribution in [3.05, 3.63) is 35.4 Å². The molecule has 1 aromatic rings. The predicted molar refractivity (Wildman–Crippen MR) is 74.0 cm³/mol. The van der Waals surface area contributed by atoms with Gasteiger partial charge in [-0.15, -0.1) is 12.3 Å². The first-order valence-electron chi connectivity index (χ1n) is 6.88. The van der Waals surface area contributed by atoms with E-state index in [-0.39, 0.29) is 0 Å². The lowest BCUT2D eigenvalue weighted by molar-refractivity contribution is 0.385. The van der Waals surface area contributed by atoms with Gasteiger partial charge in [-0.05, 0) is 49.1 Å². The molecular weight excluding hydrogens is 204 g/mol. The molecule has 0 bridgehead atoms. The highest BCUT2D eigenvalue weighted by atomic mass is 14.2. The third kappa shape index (κ3) is 3.13. The molecule has 0 N–H and O–H groups in total. The van der Waals surface area contributed by atoms with E-state index in [4.69, 9.17) is 6.42 Å². The molecule has 1 aliphatic carbocycles. The van der Waals surface area contributed by atoms with Crippen LogP contribution < -0.4 is 0 Å². The molecule has 0 atom stereocenters. The van der Waals surface area contributed by atoms with Crippen molar-refractivity contribution in [2.45, 2.75) is 51.4 Å². The van der Waals surface area contributed by atoms with Crippen LogP contribution in [0.25, 0.3) is 0 Å². The molecule has 0 aromatic heterocycles. The lowest BCUT2D eigenvalue weighted by Crippen LogP contribution is -2.11. The van der Waals surface area contributed by atoms with E-state index in [2.05, 4.69) is 37.1 Å². The van der Waals surface area contributed by atoms with Gasteiger partial charge in [-0.1, -0.05) is 37.6 Å². The third-order valence-corrected chi connectivity index (χ3v) is 3.95. The largest absolute Gasteiger partial charge is 0.120 e. The van der Waals surface area contributed by atoms with Crippen molar-refractivity contribution >= 4 is 0 Å². The topological polar surface area (TPSA) is 0 Å². The minimum atomic E-state index is 0.533. The molecule has 0 aliphatic heterocycles. The van der Waals surface area contributed by atoms with Gasteiger partial charge in [0.25, 0.3) is 0 Å². The fraction of sp³-hybridized carbons (Fsp3) is 0.529. The van der Waals surface area contributed by atoms with Crippen LogP contribution in [-0.4, -0.2) is 0 Å². The maximum atomic E-state index is 5.49. The second-order valence-corrected chi connectivity index (χ2v) is 5.21. The third-order valence-electron chi connectivity index (χ3n) is 3.95. The standard InChI is InChI=1S/C17H22/c1-3-5-15-8-12-17(13-9-15)16-10-6-14(4-2)7-11-16/h2,8-9,12-14,16H,3,5-7,10-11H2,1H3/t14-,16-. The maximum absolute atomic E-state index is 5.49. The van der Waals surface area contributed by atoms with Crippen LogP contribution >= 0.6 is 0 Å². The van der Waals surface area contributed by atoms with Gasteiger partial charge in [0.1, 0.15) is 0 Å². The number of rotatable bonds is 3. The molecule has 1 saturated carbocycles. The second kappa shape index (κ2) is 5.92. The molecule has 0 unspecified atom stereocenters. The van der Waals surface area contributed by atoms with Crippen molar-refractivity contribution < 1.29 is 0 Å². The van der Waals surface area contributed by atoms with Gasteiger partial charge in [-0.3, -0.25) is 0 Å². The highest BCUT2D eigenvalue weighted by Gasteiger charge is 2.20. The van der Waals surface area contributed by atoms with Crippen molar-refractivity contribution in [1.29, 1.82) is 0 Å². The Labute approximate surface area is 105 Å². The first-order chi connectivity index (χ1) is 8.33. The summed E-state index contributed by atoms with van der Waals surface area (Å²) in [6.45, 7) is 2.23. The lowest BCUT2D eigenvalue weighted by atomic mass is 9.79. The van der Waals surface area contributed by atoms with Gasteiger partial charge in [0, 0.05) is 5.92 Å². The summed E-state index contributed by atoms with van der Waals surface area (Å²) < 4.78 is 0. The summed E-state index contributed by atoms with van der Waals surface area (Å²) in [7, 11) is 0. The number of aryl methyl sites for hydroxylation is 1. The van der Waals surface area contributed by atoms with Crippen LogP contribution in [0.1, 0.15) is 56.1 Å². The molecule has 0 saturated heterocycles. The van der Waals surface area contributed by atoms with Gasteiger partial charge >= 0.3 is 0 Å². The summed E-state index contributed by atoms with van der Waals surface area (Å²) in [4.78, 5) is 0. The van der Waals surface area contributed by atoms with Crippen LogP contribution in [0.3, 0.4) is 0 Å². The summed E-state index contributed by atoms with van der Waals surface area (Å²) in [6.07, 6.45) is 12.9. The van der Waals surface area contributed by atoms with Crippen molar-refractivity contribution in [2.75, 3.05) is 0 Å². The summed E-state index contributed by atoms with van der Waals surface area (Å²) >= 11 is 0. The van der Waals surface area contributed by atoms with Crippen LogP contribution in [0, 0.1) is 18.3 Å². The first-order valence-corrected chi connectivity index (χ1v) is 6.88. The number of benzene rings is 1. The van der Waals surface area contributed by atoms with Gasteiger partial charge in [-0.25, -0.2) is 0 Å². The summed E-state index contributed by atoms with van der Waals surface area (Å²) in [5, 5.41) is 0. The molecule has 2 rings (SSSR count). The Hall–Kier alpha value is -1.22.